The van der Waals surface area contributed by atoms with E-state index < -0.39 is 16.9 Å². The van der Waals surface area contributed by atoms with E-state index in [-0.39, 0.29) is 12.2 Å². The molecule has 1 rings (SSSR count). The molecule has 1 aromatic rings. The highest BCUT2D eigenvalue weighted by atomic mass is 32.2. The van der Waals surface area contributed by atoms with Crippen LogP contribution in [0.1, 0.15) is 12.1 Å². The van der Waals surface area contributed by atoms with E-state index >= 15 is 0 Å². The van der Waals surface area contributed by atoms with Crippen molar-refractivity contribution in [1.82, 2.24) is 15.2 Å². The largest absolute Gasteiger partial charge is 0.266 e. The molecule has 0 radical (unpaired) electrons. The highest BCUT2D eigenvalue weighted by Gasteiger charge is 2.09. The van der Waals surface area contributed by atoms with Gasteiger partial charge in [-0.15, -0.1) is 5.10 Å². The second-order valence-corrected chi connectivity index (χ2v) is 4.17. The zero-order chi connectivity index (χ0) is 11.3. The van der Waals surface area contributed by atoms with E-state index in [2.05, 4.69) is 15.2 Å². The van der Waals surface area contributed by atoms with Gasteiger partial charge in [0.2, 0.25) is 0 Å². The van der Waals surface area contributed by atoms with Gasteiger partial charge in [-0.3, -0.25) is 4.21 Å². The average molecular weight is 233 g/mol. The van der Waals surface area contributed by atoms with Crippen LogP contribution >= 0.6 is 0 Å². The Morgan fingerprint density at radius 3 is 2.93 bits per heavy atom. The maximum absolute atomic E-state index is 11.7. The van der Waals surface area contributed by atoms with Crippen LogP contribution in [0.3, 0.4) is 0 Å². The Bertz CT molecular complexity index is 393. The van der Waals surface area contributed by atoms with Crippen LogP contribution in [0.15, 0.2) is 23.5 Å². The molecule has 7 heteroatoms. The third kappa shape index (κ3) is 3.78. The second kappa shape index (κ2) is 5.59. The summed E-state index contributed by atoms with van der Waals surface area (Å²) >= 11 is 0. The first-order valence-corrected chi connectivity index (χ1v) is 5.47. The van der Waals surface area contributed by atoms with Gasteiger partial charge < -0.3 is 0 Å². The van der Waals surface area contributed by atoms with Crippen LogP contribution in [-0.4, -0.2) is 25.1 Å². The maximum Gasteiger partial charge on any atom is 0.266 e. The fraction of sp³-hybridized carbons (Fsp3) is 0.375. The Labute approximate surface area is 87.9 Å². The minimum absolute atomic E-state index is 0.0540. The highest BCUT2D eigenvalue weighted by molar-refractivity contribution is 7.85. The quantitative estimate of drug-likeness (QED) is 0.790. The van der Waals surface area contributed by atoms with Crippen molar-refractivity contribution in [2.75, 3.05) is 5.75 Å². The highest BCUT2D eigenvalue weighted by Crippen LogP contribution is 2.07. The Kier molecular flexibility index (Phi) is 4.41. The van der Waals surface area contributed by atoms with Crippen LogP contribution in [-0.2, 0) is 10.8 Å². The summed E-state index contributed by atoms with van der Waals surface area (Å²) in [5.74, 6) is 0.108. The summed E-state index contributed by atoms with van der Waals surface area (Å²) in [6.07, 6.45) is 0.219. The van der Waals surface area contributed by atoms with E-state index in [1.807, 2.05) is 0 Å². The minimum Gasteiger partial charge on any atom is -0.253 e. The van der Waals surface area contributed by atoms with Crippen LogP contribution in [0, 0.1) is 6.92 Å². The first-order chi connectivity index (χ1) is 7.11. The monoisotopic (exact) mass is 233 g/mol. The van der Waals surface area contributed by atoms with Crippen molar-refractivity contribution in [3.63, 3.8) is 0 Å². The van der Waals surface area contributed by atoms with E-state index in [1.165, 1.54) is 6.33 Å². The molecule has 0 aliphatic heterocycles. The van der Waals surface area contributed by atoms with Crippen molar-refractivity contribution >= 4 is 10.8 Å². The van der Waals surface area contributed by atoms with Gasteiger partial charge in [0.05, 0.1) is 16.5 Å². The van der Waals surface area contributed by atoms with Crippen LogP contribution in [0.25, 0.3) is 0 Å². The predicted octanol–water partition coefficient (Wildman–Crippen LogP) is 1.46. The first-order valence-electron chi connectivity index (χ1n) is 4.15. The van der Waals surface area contributed by atoms with Crippen LogP contribution in [0.4, 0.5) is 8.78 Å². The molecule has 0 N–H and O–H groups in total. The van der Waals surface area contributed by atoms with Crippen molar-refractivity contribution in [2.24, 2.45) is 0 Å². The molecule has 0 saturated heterocycles. The molecule has 0 spiro atoms. The van der Waals surface area contributed by atoms with Crippen molar-refractivity contribution in [2.45, 2.75) is 18.4 Å². The van der Waals surface area contributed by atoms with Gasteiger partial charge in [0.15, 0.2) is 5.03 Å². The Morgan fingerprint density at radius 1 is 1.60 bits per heavy atom. The molecular formula is C8H9F2N3OS. The topological polar surface area (TPSA) is 55.7 Å². The number of halogens is 2. The smallest absolute Gasteiger partial charge is 0.253 e. The zero-order valence-electron chi connectivity index (χ0n) is 7.98. The summed E-state index contributed by atoms with van der Waals surface area (Å²) in [5.41, 5.74) is 0.459. The average Bonchev–Trinajstić information content (AvgIpc) is 2.17. The number of rotatable bonds is 4. The van der Waals surface area contributed by atoms with Gasteiger partial charge in [0, 0.05) is 5.75 Å². The first kappa shape index (κ1) is 11.8. The number of hydrogen-bond donors (Lipinski definition) is 0. The lowest BCUT2D eigenvalue weighted by atomic mass is 10.5. The molecule has 82 valence electrons. The molecular weight excluding hydrogens is 224 g/mol. The number of aryl methyl sites for hydroxylation is 1. The van der Waals surface area contributed by atoms with Crippen molar-refractivity contribution in [1.29, 1.82) is 0 Å². The summed E-state index contributed by atoms with van der Waals surface area (Å²) in [7, 11) is -1.40. The van der Waals surface area contributed by atoms with Gasteiger partial charge in [0.1, 0.15) is 6.33 Å². The molecule has 1 heterocycles. The summed E-state index contributed by atoms with van der Waals surface area (Å²) in [4.78, 5) is 3.79. The molecule has 0 aromatic carbocycles. The van der Waals surface area contributed by atoms with E-state index in [1.54, 1.807) is 6.92 Å². The van der Waals surface area contributed by atoms with Crippen molar-refractivity contribution in [3.8, 4) is 0 Å². The summed E-state index contributed by atoms with van der Waals surface area (Å²) in [6.45, 7) is 1.62. The third-order valence-electron chi connectivity index (χ3n) is 1.56. The van der Waals surface area contributed by atoms with Gasteiger partial charge in [-0.2, -0.15) is 13.9 Å². The fourth-order valence-electron chi connectivity index (χ4n) is 0.922. The third-order valence-corrected chi connectivity index (χ3v) is 3.00. The minimum atomic E-state index is -1.76. The number of nitrogens with zero attached hydrogens (tertiary/aromatic N) is 3. The molecule has 1 unspecified atom stereocenters. The molecule has 0 saturated carbocycles. The Morgan fingerprint density at radius 2 is 2.33 bits per heavy atom. The molecule has 0 amide bonds. The molecule has 1 atom stereocenters. The molecule has 15 heavy (non-hydrogen) atoms. The lowest BCUT2D eigenvalue weighted by Gasteiger charge is -2.00. The number of hydrogen-bond acceptors (Lipinski definition) is 4. The van der Waals surface area contributed by atoms with E-state index in [0.29, 0.717) is 10.7 Å². The van der Waals surface area contributed by atoms with E-state index in [4.69, 9.17) is 0 Å². The van der Waals surface area contributed by atoms with E-state index in [0.717, 1.165) is 6.08 Å². The molecule has 0 bridgehead atoms. The molecule has 4 nitrogen and oxygen atoms in total. The van der Waals surface area contributed by atoms with Gasteiger partial charge in [-0.1, -0.05) is 0 Å². The molecule has 0 fully saturated rings. The van der Waals surface area contributed by atoms with E-state index in [9.17, 15) is 13.0 Å². The lowest BCUT2D eigenvalue weighted by molar-refractivity contribution is 0.418. The SMILES string of the molecule is Cc1nncnc1S(=O)CCC=C(F)F. The molecule has 0 aliphatic rings. The maximum atomic E-state index is 11.7. The fourth-order valence-corrected chi connectivity index (χ4v) is 1.98. The second-order valence-electron chi connectivity index (χ2n) is 2.68. The van der Waals surface area contributed by atoms with Gasteiger partial charge in [-0.05, 0) is 19.4 Å². The van der Waals surface area contributed by atoms with Gasteiger partial charge >= 0.3 is 0 Å². The summed E-state index contributed by atoms with van der Waals surface area (Å²) in [5, 5.41) is 7.49. The Hall–Kier alpha value is -1.24. The molecule has 0 aliphatic carbocycles. The summed E-state index contributed by atoms with van der Waals surface area (Å²) in [6, 6.07) is 0. The predicted molar refractivity (Wildman–Crippen MR) is 50.8 cm³/mol. The Balaban J connectivity index is 2.62. The van der Waals surface area contributed by atoms with Crippen LogP contribution in [0.2, 0.25) is 0 Å². The number of allylic oxidation sites excluding steroid dienone is 1. The van der Waals surface area contributed by atoms with Crippen LogP contribution < -0.4 is 0 Å². The zero-order valence-corrected chi connectivity index (χ0v) is 8.80. The van der Waals surface area contributed by atoms with Gasteiger partial charge in [-0.25, -0.2) is 4.98 Å². The lowest BCUT2D eigenvalue weighted by Crippen LogP contribution is -2.04. The normalized spacial score (nSPS) is 12.2. The van der Waals surface area contributed by atoms with Crippen LogP contribution in [0.5, 0.6) is 0 Å². The number of aromatic nitrogens is 3. The standard InChI is InChI=1S/C8H9F2N3OS/c1-6-8(11-5-12-13-6)15(14)4-2-3-7(9)10/h3,5H,2,4H2,1H3. The molecule has 1 aromatic heterocycles. The van der Waals surface area contributed by atoms with Crippen molar-refractivity contribution in [3.05, 3.63) is 24.2 Å². The van der Waals surface area contributed by atoms with Crippen molar-refractivity contribution < 1.29 is 13.0 Å². The van der Waals surface area contributed by atoms with Gasteiger partial charge in [0.25, 0.3) is 6.08 Å². The summed E-state index contributed by atoms with van der Waals surface area (Å²) < 4.78 is 34.9.